The van der Waals surface area contributed by atoms with Crippen LogP contribution < -0.4 is 10.6 Å². The van der Waals surface area contributed by atoms with Gasteiger partial charge in [0.2, 0.25) is 0 Å². The molecule has 4 aromatic carbocycles. The molecular weight excluding hydrogens is 747 g/mol. The van der Waals surface area contributed by atoms with Crippen LogP contribution in [0, 0.1) is 23.3 Å². The molecule has 13 heteroatoms. The van der Waals surface area contributed by atoms with Gasteiger partial charge in [-0.15, -0.1) is 0 Å². The van der Waals surface area contributed by atoms with Crippen molar-refractivity contribution in [1.29, 1.82) is 0 Å². The maximum absolute atomic E-state index is 14.7. The Kier molecular flexibility index (Phi) is 14.1. The van der Waals surface area contributed by atoms with Crippen LogP contribution in [0.5, 0.6) is 0 Å². The SMILES string of the molecule is C.C.CC(C)(C)[Si](C)(C)O[C@H]1CCc2c(C(=O)Nc3ccc(F)c(Cl)c3)ccc(F)c21.O=C(Nc1ccc(F)c(Cl)c1)c1ccc(F)c2c1CC[C@@H]2O. The Morgan fingerprint density at radius 3 is 1.58 bits per heavy atom. The van der Waals surface area contributed by atoms with E-state index in [-0.39, 0.29) is 53.3 Å². The quantitative estimate of drug-likeness (QED) is 0.134. The minimum absolute atomic E-state index is 0. The minimum atomic E-state index is -2.10. The van der Waals surface area contributed by atoms with Crippen LogP contribution in [0.3, 0.4) is 0 Å². The summed E-state index contributed by atoms with van der Waals surface area (Å²) in [6.45, 7) is 10.7. The van der Waals surface area contributed by atoms with E-state index in [9.17, 15) is 32.3 Å². The molecule has 0 fully saturated rings. The number of aliphatic hydroxyl groups is 1. The molecule has 4 aromatic rings. The lowest BCUT2D eigenvalue weighted by Crippen LogP contribution is -2.41. The first-order valence-corrected chi connectivity index (χ1v) is 20.1. The van der Waals surface area contributed by atoms with E-state index in [1.807, 2.05) is 0 Å². The Labute approximate surface area is 320 Å². The van der Waals surface area contributed by atoms with Gasteiger partial charge in [0.1, 0.15) is 23.3 Å². The Morgan fingerprint density at radius 1 is 0.717 bits per heavy atom. The second kappa shape index (κ2) is 17.2. The first-order chi connectivity index (χ1) is 23.9. The average Bonchev–Trinajstić information content (AvgIpc) is 3.65. The highest BCUT2D eigenvalue weighted by molar-refractivity contribution is 6.74. The Hall–Kier alpha value is -3.74. The van der Waals surface area contributed by atoms with Gasteiger partial charge in [0, 0.05) is 33.6 Å². The van der Waals surface area contributed by atoms with Gasteiger partial charge in [0.25, 0.3) is 11.8 Å². The summed E-state index contributed by atoms with van der Waals surface area (Å²) in [6, 6.07) is 13.2. The molecule has 0 bridgehead atoms. The number of rotatable bonds is 6. The number of amides is 2. The van der Waals surface area contributed by atoms with Crippen molar-refractivity contribution in [3.8, 4) is 0 Å². The molecule has 0 aromatic heterocycles. The lowest BCUT2D eigenvalue weighted by molar-refractivity contribution is 0.101. The van der Waals surface area contributed by atoms with Gasteiger partial charge in [-0.05, 0) is 116 Å². The van der Waals surface area contributed by atoms with Crippen molar-refractivity contribution >= 4 is 54.7 Å². The maximum atomic E-state index is 14.7. The van der Waals surface area contributed by atoms with Crippen molar-refractivity contribution in [2.45, 2.75) is 91.6 Å². The topological polar surface area (TPSA) is 87.7 Å². The Bertz CT molecular complexity index is 2000. The molecule has 6 rings (SSSR count). The van der Waals surface area contributed by atoms with Gasteiger partial charge in [-0.3, -0.25) is 9.59 Å². The summed E-state index contributed by atoms with van der Waals surface area (Å²) in [5.41, 5.74) is 3.29. The zero-order valence-electron chi connectivity index (χ0n) is 28.7. The van der Waals surface area contributed by atoms with Crippen LogP contribution in [0.2, 0.25) is 28.2 Å². The fourth-order valence-electron chi connectivity index (χ4n) is 5.98. The molecule has 6 nitrogen and oxygen atoms in total. The highest BCUT2D eigenvalue weighted by Gasteiger charge is 2.42. The van der Waals surface area contributed by atoms with Crippen LogP contribution in [-0.4, -0.2) is 25.2 Å². The first kappa shape index (κ1) is 43.7. The van der Waals surface area contributed by atoms with Gasteiger partial charge in [0.15, 0.2) is 8.32 Å². The summed E-state index contributed by atoms with van der Waals surface area (Å²) in [7, 11) is -2.10. The van der Waals surface area contributed by atoms with Crippen LogP contribution in [-0.2, 0) is 17.3 Å². The number of aliphatic hydroxyl groups excluding tert-OH is 1. The molecule has 0 saturated carbocycles. The van der Waals surface area contributed by atoms with E-state index in [0.717, 1.165) is 6.07 Å². The summed E-state index contributed by atoms with van der Waals surface area (Å²) in [6.07, 6.45) is 0.798. The van der Waals surface area contributed by atoms with Crippen molar-refractivity contribution < 1.29 is 36.7 Å². The highest BCUT2D eigenvalue weighted by atomic mass is 35.5. The third-order valence-electron chi connectivity index (χ3n) is 9.67. The van der Waals surface area contributed by atoms with Gasteiger partial charge in [-0.25, -0.2) is 17.6 Å². The van der Waals surface area contributed by atoms with Crippen LogP contribution >= 0.6 is 23.2 Å². The summed E-state index contributed by atoms with van der Waals surface area (Å²) >= 11 is 11.5. The second-order valence-corrected chi connectivity index (χ2v) is 19.7. The van der Waals surface area contributed by atoms with Crippen LogP contribution in [0.1, 0.15) is 104 Å². The molecule has 3 N–H and O–H groups in total. The standard InChI is InChI=1S/C22H26ClF2NO2Si.C16H12ClF2NO2.2CH4/c1-22(2,3)29(4,5)28-19-11-8-14-15(7-10-18(25)20(14)19)21(27)26-13-6-9-17(24)16(23)12-13;17-11-7-8(1-4-12(11)18)20-16(22)10-2-5-13(19)15-9(10)3-6-14(15)21;;/h6-7,9-10,12,19H,8,11H2,1-5H3,(H,26,27);1-2,4-5,7,14,21H,3,6H2,(H,20,22);2*1H4/t19-;14-;;/m00../s1. The smallest absolute Gasteiger partial charge is 0.255 e. The molecule has 2 aliphatic rings. The fourth-order valence-corrected chi connectivity index (χ4v) is 7.65. The van der Waals surface area contributed by atoms with Gasteiger partial charge in [-0.2, -0.15) is 0 Å². The third-order valence-corrected chi connectivity index (χ3v) is 14.7. The number of carbonyl (C=O) groups is 2. The zero-order valence-corrected chi connectivity index (χ0v) is 31.2. The molecule has 286 valence electrons. The van der Waals surface area contributed by atoms with Crippen LogP contribution in [0.15, 0.2) is 60.7 Å². The van der Waals surface area contributed by atoms with E-state index in [1.54, 1.807) is 0 Å². The molecule has 0 spiro atoms. The largest absolute Gasteiger partial charge is 0.410 e. The lowest BCUT2D eigenvalue weighted by atomic mass is 10.0. The van der Waals surface area contributed by atoms with Crippen molar-refractivity contribution in [3.05, 3.63) is 127 Å². The fraction of sp³-hybridized carbons (Fsp3) is 0.350. The van der Waals surface area contributed by atoms with Gasteiger partial charge >= 0.3 is 0 Å². The van der Waals surface area contributed by atoms with Crippen LogP contribution in [0.4, 0.5) is 28.9 Å². The Balaban J connectivity index is 0.000000284. The van der Waals surface area contributed by atoms with Crippen molar-refractivity contribution in [2.75, 3.05) is 10.6 Å². The highest BCUT2D eigenvalue weighted by Crippen LogP contribution is 2.45. The number of nitrogens with one attached hydrogen (secondary N) is 2. The van der Waals surface area contributed by atoms with E-state index in [2.05, 4.69) is 44.5 Å². The Morgan fingerprint density at radius 2 is 1.13 bits per heavy atom. The van der Waals surface area contributed by atoms with Gasteiger partial charge in [-0.1, -0.05) is 58.8 Å². The number of hydrogen-bond donors (Lipinski definition) is 3. The third kappa shape index (κ3) is 9.50. The molecule has 0 heterocycles. The normalized spacial score (nSPS) is 15.9. The van der Waals surface area contributed by atoms with Gasteiger partial charge in [0.05, 0.1) is 22.3 Å². The summed E-state index contributed by atoms with van der Waals surface area (Å²) in [5.74, 6) is -2.82. The molecule has 2 amide bonds. The summed E-state index contributed by atoms with van der Waals surface area (Å²) in [4.78, 5) is 25.2. The molecule has 0 radical (unpaired) electrons. The predicted octanol–water partition coefficient (Wildman–Crippen LogP) is 12.0. The summed E-state index contributed by atoms with van der Waals surface area (Å²) < 4.78 is 61.4. The van der Waals surface area contributed by atoms with Crippen molar-refractivity contribution in [3.63, 3.8) is 0 Å². The zero-order chi connectivity index (χ0) is 37.4. The first-order valence-electron chi connectivity index (χ1n) is 16.4. The number of hydrogen-bond acceptors (Lipinski definition) is 4. The van der Waals surface area contributed by atoms with E-state index in [4.69, 9.17) is 27.6 Å². The van der Waals surface area contributed by atoms with Crippen molar-refractivity contribution in [1.82, 2.24) is 0 Å². The molecule has 0 aliphatic heterocycles. The summed E-state index contributed by atoms with van der Waals surface area (Å²) in [5, 5.41) is 14.9. The number of anilines is 2. The molecule has 53 heavy (non-hydrogen) atoms. The molecule has 2 aliphatic carbocycles. The second-order valence-electron chi connectivity index (χ2n) is 14.1. The molecule has 2 atom stereocenters. The number of halogens is 6. The number of carbonyl (C=O) groups excluding carboxylic acids is 2. The van der Waals surface area contributed by atoms with E-state index >= 15 is 0 Å². The number of fused-ring (bicyclic) bond motifs is 2. The van der Waals surface area contributed by atoms with E-state index in [0.29, 0.717) is 64.9 Å². The molecular formula is C40H46Cl2F4N2O4Si. The maximum Gasteiger partial charge on any atom is 0.255 e. The number of benzene rings is 4. The van der Waals surface area contributed by atoms with Crippen LogP contribution in [0.25, 0.3) is 0 Å². The predicted molar refractivity (Wildman–Crippen MR) is 208 cm³/mol. The van der Waals surface area contributed by atoms with E-state index in [1.165, 1.54) is 54.6 Å². The average molecular weight is 794 g/mol. The monoisotopic (exact) mass is 792 g/mol. The van der Waals surface area contributed by atoms with Gasteiger partial charge < -0.3 is 20.2 Å². The van der Waals surface area contributed by atoms with Crippen molar-refractivity contribution in [2.24, 2.45) is 0 Å². The lowest BCUT2D eigenvalue weighted by Gasteiger charge is -2.38. The molecule has 0 saturated heterocycles. The minimum Gasteiger partial charge on any atom is -0.410 e. The van der Waals surface area contributed by atoms with E-state index < -0.39 is 37.8 Å². The molecule has 0 unspecified atom stereocenters.